The summed E-state index contributed by atoms with van der Waals surface area (Å²) in [6.45, 7) is 5.87. The summed E-state index contributed by atoms with van der Waals surface area (Å²) in [6.07, 6.45) is 0. The van der Waals surface area contributed by atoms with Gasteiger partial charge in [0.05, 0.1) is 17.7 Å². The van der Waals surface area contributed by atoms with E-state index in [0.29, 0.717) is 23.2 Å². The minimum absolute atomic E-state index is 0.160. The number of hydrogen-bond donors (Lipinski definition) is 1. The van der Waals surface area contributed by atoms with Gasteiger partial charge in [0.2, 0.25) is 0 Å². The standard InChI is InChI=1S/C29H30N4O3/c1-31-13-15-32(16-14-31)19-23-6-4-5-22(17-23)18-30-27(34)24-11-9-21(10-12-24)20-33-28(35)25-7-2-3-8-26(25)29(33)36/h2-12,17H,13-16,18-20H2,1H3,(H,30,34). The van der Waals surface area contributed by atoms with Crippen LogP contribution in [0.2, 0.25) is 0 Å². The number of benzene rings is 3. The van der Waals surface area contributed by atoms with Crippen LogP contribution in [0.15, 0.2) is 72.8 Å². The molecule has 1 saturated heterocycles. The highest BCUT2D eigenvalue weighted by atomic mass is 16.2. The first-order valence-electron chi connectivity index (χ1n) is 12.3. The van der Waals surface area contributed by atoms with Crippen LogP contribution in [0.5, 0.6) is 0 Å². The number of carbonyl (C=O) groups is 3. The Labute approximate surface area is 211 Å². The Hall–Kier alpha value is -3.81. The fraction of sp³-hybridized carbons (Fsp3) is 0.276. The van der Waals surface area contributed by atoms with Crippen molar-refractivity contribution in [3.05, 3.63) is 106 Å². The van der Waals surface area contributed by atoms with E-state index < -0.39 is 0 Å². The van der Waals surface area contributed by atoms with Gasteiger partial charge in [-0.3, -0.25) is 24.2 Å². The SMILES string of the molecule is CN1CCN(Cc2cccc(CNC(=O)c3ccc(CN4C(=O)c5ccccc5C4=O)cc3)c2)CC1. The minimum atomic E-state index is -0.285. The molecule has 1 N–H and O–H groups in total. The van der Waals surface area contributed by atoms with Crippen LogP contribution in [0.1, 0.15) is 47.8 Å². The third-order valence-electron chi connectivity index (χ3n) is 6.88. The number of piperazine rings is 1. The lowest BCUT2D eigenvalue weighted by molar-refractivity contribution is 0.0641. The van der Waals surface area contributed by atoms with Crippen LogP contribution in [0.25, 0.3) is 0 Å². The first-order chi connectivity index (χ1) is 17.5. The van der Waals surface area contributed by atoms with E-state index in [-0.39, 0.29) is 24.3 Å². The van der Waals surface area contributed by atoms with Gasteiger partial charge in [-0.2, -0.15) is 0 Å². The summed E-state index contributed by atoms with van der Waals surface area (Å²) in [6, 6.07) is 22.2. The molecule has 0 bridgehead atoms. The Morgan fingerprint density at radius 2 is 1.39 bits per heavy atom. The Bertz CT molecular complexity index is 1240. The molecule has 0 spiro atoms. The lowest BCUT2D eigenvalue weighted by Crippen LogP contribution is -2.43. The quantitative estimate of drug-likeness (QED) is 0.524. The molecule has 0 unspecified atom stereocenters. The number of likely N-dealkylation sites (N-methyl/N-ethyl adjacent to an activating group) is 1. The predicted octanol–water partition coefficient (Wildman–Crippen LogP) is 3.16. The molecule has 0 saturated carbocycles. The van der Waals surface area contributed by atoms with Crippen LogP contribution in [0.4, 0.5) is 0 Å². The van der Waals surface area contributed by atoms with Crippen molar-refractivity contribution in [2.24, 2.45) is 0 Å². The maximum absolute atomic E-state index is 12.7. The van der Waals surface area contributed by atoms with Crippen molar-refractivity contribution in [3.63, 3.8) is 0 Å². The number of nitrogens with zero attached hydrogens (tertiary/aromatic N) is 3. The van der Waals surface area contributed by atoms with Crippen molar-refractivity contribution in [2.75, 3.05) is 33.2 Å². The summed E-state index contributed by atoms with van der Waals surface area (Å²) in [5.74, 6) is -0.730. The second-order valence-corrected chi connectivity index (χ2v) is 9.52. The van der Waals surface area contributed by atoms with Gasteiger partial charge in [0.1, 0.15) is 0 Å². The molecule has 7 nitrogen and oxygen atoms in total. The monoisotopic (exact) mass is 482 g/mol. The summed E-state index contributed by atoms with van der Waals surface area (Å²) in [5, 5.41) is 2.99. The van der Waals surface area contributed by atoms with Crippen LogP contribution < -0.4 is 5.32 Å². The Kier molecular flexibility index (Phi) is 6.93. The molecule has 1 fully saturated rings. The molecular formula is C29H30N4O3. The van der Waals surface area contributed by atoms with Crippen LogP contribution in [-0.4, -0.2) is 65.6 Å². The van der Waals surface area contributed by atoms with E-state index in [1.807, 2.05) is 12.1 Å². The molecule has 5 rings (SSSR count). The second-order valence-electron chi connectivity index (χ2n) is 9.52. The number of amides is 3. The Morgan fingerprint density at radius 1 is 0.750 bits per heavy atom. The van der Waals surface area contributed by atoms with Crippen molar-refractivity contribution in [1.29, 1.82) is 0 Å². The van der Waals surface area contributed by atoms with E-state index >= 15 is 0 Å². The highest BCUT2D eigenvalue weighted by Gasteiger charge is 2.34. The van der Waals surface area contributed by atoms with Gasteiger partial charge in [0, 0.05) is 44.8 Å². The molecule has 184 valence electrons. The number of nitrogens with one attached hydrogen (secondary N) is 1. The van der Waals surface area contributed by atoms with Crippen LogP contribution in [-0.2, 0) is 19.6 Å². The highest BCUT2D eigenvalue weighted by Crippen LogP contribution is 2.24. The van der Waals surface area contributed by atoms with Crippen LogP contribution >= 0.6 is 0 Å². The molecule has 0 aromatic heterocycles. The summed E-state index contributed by atoms with van der Waals surface area (Å²) >= 11 is 0. The average Bonchev–Trinajstić information content (AvgIpc) is 3.14. The third kappa shape index (κ3) is 5.22. The smallest absolute Gasteiger partial charge is 0.261 e. The van der Waals surface area contributed by atoms with Gasteiger partial charge in [-0.05, 0) is 48.0 Å². The number of imide groups is 1. The van der Waals surface area contributed by atoms with Crippen molar-refractivity contribution < 1.29 is 14.4 Å². The van der Waals surface area contributed by atoms with E-state index in [2.05, 4.69) is 34.3 Å². The normalized spacial score (nSPS) is 16.3. The van der Waals surface area contributed by atoms with E-state index in [4.69, 9.17) is 0 Å². The molecule has 3 aromatic carbocycles. The molecule has 0 atom stereocenters. The number of carbonyl (C=O) groups excluding carboxylic acids is 3. The molecule has 2 aliphatic heterocycles. The summed E-state index contributed by atoms with van der Waals surface area (Å²) < 4.78 is 0. The first-order valence-corrected chi connectivity index (χ1v) is 12.3. The van der Waals surface area contributed by atoms with E-state index in [0.717, 1.165) is 43.9 Å². The maximum atomic E-state index is 12.7. The van der Waals surface area contributed by atoms with E-state index in [9.17, 15) is 14.4 Å². The second kappa shape index (κ2) is 10.4. The van der Waals surface area contributed by atoms with Gasteiger partial charge < -0.3 is 10.2 Å². The molecule has 36 heavy (non-hydrogen) atoms. The largest absolute Gasteiger partial charge is 0.348 e. The molecular weight excluding hydrogens is 452 g/mol. The van der Waals surface area contributed by atoms with Crippen molar-refractivity contribution in [3.8, 4) is 0 Å². The van der Waals surface area contributed by atoms with Gasteiger partial charge in [-0.15, -0.1) is 0 Å². The fourth-order valence-electron chi connectivity index (χ4n) is 4.71. The molecule has 3 amide bonds. The topological polar surface area (TPSA) is 73.0 Å². The van der Waals surface area contributed by atoms with Crippen molar-refractivity contribution >= 4 is 17.7 Å². The Balaban J connectivity index is 1.15. The number of hydrogen-bond acceptors (Lipinski definition) is 5. The summed E-state index contributed by atoms with van der Waals surface area (Å²) in [5.41, 5.74) is 4.52. The maximum Gasteiger partial charge on any atom is 0.261 e. The van der Waals surface area contributed by atoms with Gasteiger partial charge in [0.15, 0.2) is 0 Å². The third-order valence-corrected chi connectivity index (χ3v) is 6.88. The zero-order valence-electron chi connectivity index (χ0n) is 20.4. The van der Waals surface area contributed by atoms with Crippen LogP contribution in [0, 0.1) is 0 Å². The van der Waals surface area contributed by atoms with Gasteiger partial charge in [-0.1, -0.05) is 48.5 Å². The van der Waals surface area contributed by atoms with E-state index in [1.54, 1.807) is 48.5 Å². The van der Waals surface area contributed by atoms with Gasteiger partial charge in [-0.25, -0.2) is 0 Å². The summed E-state index contributed by atoms with van der Waals surface area (Å²) in [7, 11) is 2.16. The molecule has 3 aromatic rings. The molecule has 0 radical (unpaired) electrons. The zero-order chi connectivity index (χ0) is 25.1. The minimum Gasteiger partial charge on any atom is -0.348 e. The fourth-order valence-corrected chi connectivity index (χ4v) is 4.71. The first kappa shape index (κ1) is 23.9. The molecule has 0 aliphatic carbocycles. The highest BCUT2D eigenvalue weighted by molar-refractivity contribution is 6.21. The molecule has 2 aliphatic rings. The van der Waals surface area contributed by atoms with Crippen molar-refractivity contribution in [1.82, 2.24) is 20.0 Å². The lowest BCUT2D eigenvalue weighted by atomic mass is 10.1. The molecule has 7 heteroatoms. The van der Waals surface area contributed by atoms with Gasteiger partial charge >= 0.3 is 0 Å². The zero-order valence-corrected chi connectivity index (χ0v) is 20.4. The van der Waals surface area contributed by atoms with Gasteiger partial charge in [0.25, 0.3) is 17.7 Å². The lowest BCUT2D eigenvalue weighted by Gasteiger charge is -2.32. The summed E-state index contributed by atoms with van der Waals surface area (Å²) in [4.78, 5) is 44.0. The van der Waals surface area contributed by atoms with Crippen LogP contribution in [0.3, 0.4) is 0 Å². The molecule has 2 heterocycles. The average molecular weight is 483 g/mol. The number of rotatable bonds is 7. The Morgan fingerprint density at radius 3 is 2.06 bits per heavy atom. The predicted molar refractivity (Wildman–Crippen MR) is 137 cm³/mol. The number of fused-ring (bicyclic) bond motifs is 1. The van der Waals surface area contributed by atoms with E-state index in [1.165, 1.54) is 10.5 Å². The van der Waals surface area contributed by atoms with Crippen molar-refractivity contribution in [2.45, 2.75) is 19.6 Å².